The van der Waals surface area contributed by atoms with Gasteiger partial charge in [-0.2, -0.15) is 0 Å². The third-order valence-corrected chi connectivity index (χ3v) is 14.3. The number of aliphatic carboxylic acids is 2. The molecule has 2 aliphatic heterocycles. The van der Waals surface area contributed by atoms with Gasteiger partial charge in [0.05, 0.1) is 10.0 Å². The number of carbonyl (C=O) groups is 2. The standard InChI is InChI=1S/C58H62Cl2N6O8/c1-37-43(35-73-55-23-53(71-33-41-19-39(25-61-3)27-63-29-41)45(21-49(55)59)31-65-17-7-5-15-51(65)57(67)68)11-9-13-47(37)48-14-10-12-44(38(48)2)36-74-56-24-54(72-34-42-20-40(26-62-4)28-64-30-42)46(22-50(56)60)32-66-18-8-6-16-52(66)58(69)70/h9-14,19-30,51-52H,5-8,15-18,31-36H2,1-4H3,(H,67,68)(H,69,70)/b61-25+,62-26+/t51-,52-/m0/s1. The molecule has 2 aromatic heterocycles. The van der Waals surface area contributed by atoms with E-state index in [0.717, 1.165) is 92.4 Å². The first kappa shape index (κ1) is 53.5. The molecule has 74 heavy (non-hydrogen) atoms. The number of carboxylic acids is 2. The largest absolute Gasteiger partial charge is 0.488 e. The first-order valence-corrected chi connectivity index (χ1v) is 25.6. The summed E-state index contributed by atoms with van der Waals surface area (Å²) in [4.78, 5) is 45.4. The lowest BCUT2D eigenvalue weighted by Gasteiger charge is -2.33. The molecule has 0 saturated carbocycles. The Morgan fingerprint density at radius 1 is 0.581 bits per heavy atom. The SMILES string of the molecule is C/N=C/c1cncc(COc2cc(OCc3cccc(-c4cccc(COc5cc(OCc6cncc(/C=N/C)c6)c(CN6CCCC[C@H]6C(=O)O)cc5Cl)c4C)c3C)c(Cl)cc2CN2CCCC[C@H]2C(=O)O)c1. The van der Waals surface area contributed by atoms with Crippen molar-refractivity contribution in [3.05, 3.63) is 163 Å². The van der Waals surface area contributed by atoms with Crippen LogP contribution in [-0.4, -0.2) is 93.6 Å². The summed E-state index contributed by atoms with van der Waals surface area (Å²) in [6.07, 6.45) is 15.1. The Labute approximate surface area is 442 Å². The van der Waals surface area contributed by atoms with E-state index in [0.29, 0.717) is 72.1 Å². The maximum Gasteiger partial charge on any atom is 0.320 e. The highest BCUT2D eigenvalue weighted by Crippen LogP contribution is 2.39. The topological polar surface area (TPSA) is 168 Å². The summed E-state index contributed by atoms with van der Waals surface area (Å²) in [6, 6.07) is 22.3. The molecule has 2 fully saturated rings. The number of pyridine rings is 2. The summed E-state index contributed by atoms with van der Waals surface area (Å²) in [5, 5.41) is 20.9. The van der Waals surface area contributed by atoms with Crippen LogP contribution in [0.1, 0.15) is 94.2 Å². The van der Waals surface area contributed by atoms with Crippen LogP contribution in [0, 0.1) is 13.8 Å². The summed E-state index contributed by atoms with van der Waals surface area (Å²) in [5.41, 5.74) is 11.0. The van der Waals surface area contributed by atoms with Gasteiger partial charge in [0, 0.05) is 110 Å². The van der Waals surface area contributed by atoms with Crippen molar-refractivity contribution in [1.82, 2.24) is 19.8 Å². The number of carboxylic acid groups (broad SMARTS) is 2. The van der Waals surface area contributed by atoms with Crippen LogP contribution in [0.4, 0.5) is 0 Å². The highest BCUT2D eigenvalue weighted by molar-refractivity contribution is 6.32. The van der Waals surface area contributed by atoms with Crippen LogP contribution in [0.3, 0.4) is 0 Å². The van der Waals surface area contributed by atoms with Crippen molar-refractivity contribution >= 4 is 47.6 Å². The maximum absolute atomic E-state index is 12.2. The number of nitrogens with zero attached hydrogens (tertiary/aromatic N) is 6. The Balaban J connectivity index is 1.01. The Hall–Kier alpha value is -6.84. The second-order valence-electron chi connectivity index (χ2n) is 18.8. The highest BCUT2D eigenvalue weighted by Gasteiger charge is 2.31. The van der Waals surface area contributed by atoms with E-state index in [9.17, 15) is 19.8 Å². The summed E-state index contributed by atoms with van der Waals surface area (Å²) < 4.78 is 25.9. The quantitative estimate of drug-likeness (QED) is 0.0656. The Bertz CT molecular complexity index is 2820. The summed E-state index contributed by atoms with van der Waals surface area (Å²) in [5.74, 6) is 0.292. The number of halogens is 2. The number of rotatable bonds is 21. The zero-order valence-electron chi connectivity index (χ0n) is 42.2. The first-order valence-electron chi connectivity index (χ1n) is 24.9. The van der Waals surface area contributed by atoms with Gasteiger partial charge in [0.15, 0.2) is 0 Å². The van der Waals surface area contributed by atoms with Crippen LogP contribution in [0.5, 0.6) is 23.0 Å². The van der Waals surface area contributed by atoms with E-state index in [-0.39, 0.29) is 26.4 Å². The highest BCUT2D eigenvalue weighted by atomic mass is 35.5. The number of piperidine rings is 2. The molecule has 0 amide bonds. The van der Waals surface area contributed by atoms with Crippen molar-refractivity contribution in [2.75, 3.05) is 27.2 Å². The van der Waals surface area contributed by atoms with E-state index >= 15 is 0 Å². The lowest BCUT2D eigenvalue weighted by atomic mass is 9.92. The van der Waals surface area contributed by atoms with Gasteiger partial charge < -0.3 is 29.2 Å². The van der Waals surface area contributed by atoms with Crippen molar-refractivity contribution in [2.45, 2.75) is 104 Å². The molecule has 16 heteroatoms. The minimum absolute atomic E-state index is 0.215. The molecule has 2 aliphatic rings. The monoisotopic (exact) mass is 1040 g/mol. The lowest BCUT2D eigenvalue weighted by molar-refractivity contribution is -0.145. The molecule has 386 valence electrons. The molecule has 4 aromatic carbocycles. The van der Waals surface area contributed by atoms with E-state index in [1.54, 1.807) is 63.4 Å². The molecule has 0 radical (unpaired) electrons. The van der Waals surface area contributed by atoms with Crippen LogP contribution in [-0.2, 0) is 49.1 Å². The molecule has 2 saturated heterocycles. The first-order chi connectivity index (χ1) is 35.9. The van der Waals surface area contributed by atoms with Gasteiger partial charge in [0.25, 0.3) is 0 Å². The van der Waals surface area contributed by atoms with Gasteiger partial charge in [0.2, 0.25) is 0 Å². The van der Waals surface area contributed by atoms with E-state index < -0.39 is 24.0 Å². The maximum atomic E-state index is 12.2. The van der Waals surface area contributed by atoms with Crippen LogP contribution in [0.25, 0.3) is 11.1 Å². The molecule has 4 heterocycles. The van der Waals surface area contributed by atoms with Gasteiger partial charge >= 0.3 is 11.9 Å². The van der Waals surface area contributed by atoms with Gasteiger partial charge in [-0.05, 0) is 110 Å². The fourth-order valence-corrected chi connectivity index (χ4v) is 10.2. The second kappa shape index (κ2) is 25.4. The van der Waals surface area contributed by atoms with Crippen molar-refractivity contribution < 1.29 is 38.7 Å². The molecule has 6 aromatic rings. The third-order valence-electron chi connectivity index (χ3n) is 13.7. The molecule has 0 aliphatic carbocycles. The van der Waals surface area contributed by atoms with Gasteiger partial charge in [0.1, 0.15) is 61.5 Å². The molecule has 0 unspecified atom stereocenters. The molecule has 14 nitrogen and oxygen atoms in total. The molecule has 8 rings (SSSR count). The van der Waals surface area contributed by atoms with Crippen molar-refractivity contribution in [3.63, 3.8) is 0 Å². The molecule has 0 bridgehead atoms. The van der Waals surface area contributed by atoms with Crippen LogP contribution >= 0.6 is 23.2 Å². The lowest BCUT2D eigenvalue weighted by Crippen LogP contribution is -2.44. The smallest absolute Gasteiger partial charge is 0.320 e. The van der Waals surface area contributed by atoms with E-state index in [4.69, 9.17) is 42.1 Å². The third kappa shape index (κ3) is 13.5. The van der Waals surface area contributed by atoms with E-state index in [1.807, 2.05) is 58.3 Å². The van der Waals surface area contributed by atoms with Gasteiger partial charge in [-0.15, -0.1) is 0 Å². The van der Waals surface area contributed by atoms with E-state index in [2.05, 4.69) is 45.9 Å². The van der Waals surface area contributed by atoms with Crippen LogP contribution < -0.4 is 18.9 Å². The predicted molar refractivity (Wildman–Crippen MR) is 288 cm³/mol. The zero-order chi connectivity index (χ0) is 52.1. The Morgan fingerprint density at radius 2 is 1.00 bits per heavy atom. The van der Waals surface area contributed by atoms with E-state index in [1.165, 1.54) is 0 Å². The fraction of sp³-hybridized carbons (Fsp3) is 0.345. The Morgan fingerprint density at radius 3 is 1.41 bits per heavy atom. The van der Waals surface area contributed by atoms with Gasteiger partial charge in [-0.3, -0.25) is 39.3 Å². The molecule has 0 spiro atoms. The van der Waals surface area contributed by atoms with Crippen molar-refractivity contribution in [1.29, 1.82) is 0 Å². The van der Waals surface area contributed by atoms with Crippen molar-refractivity contribution in [2.24, 2.45) is 9.98 Å². The summed E-state index contributed by atoms with van der Waals surface area (Å²) in [7, 11) is 3.41. The predicted octanol–water partition coefficient (Wildman–Crippen LogP) is 11.4. The fourth-order valence-electron chi connectivity index (χ4n) is 9.76. The number of aromatic nitrogens is 2. The average Bonchev–Trinajstić information content (AvgIpc) is 3.39. The van der Waals surface area contributed by atoms with Gasteiger partial charge in [-0.25, -0.2) is 0 Å². The second-order valence-corrected chi connectivity index (χ2v) is 19.6. The number of ether oxygens (including phenoxy) is 4. The average molecular weight is 1040 g/mol. The zero-order valence-corrected chi connectivity index (χ0v) is 43.7. The van der Waals surface area contributed by atoms with Gasteiger partial charge in [-0.1, -0.05) is 72.4 Å². The minimum Gasteiger partial charge on any atom is -0.488 e. The number of aliphatic imine (C=N–C) groups is 2. The van der Waals surface area contributed by atoms with Crippen molar-refractivity contribution in [3.8, 4) is 34.1 Å². The minimum atomic E-state index is -0.836. The normalized spacial score (nSPS) is 16.4. The number of benzene rings is 4. The van der Waals surface area contributed by atoms with Crippen LogP contribution in [0.15, 0.2) is 108 Å². The molecular formula is C58H62Cl2N6O8. The number of hydrogen-bond acceptors (Lipinski definition) is 12. The summed E-state index contributed by atoms with van der Waals surface area (Å²) >= 11 is 14.0. The van der Waals surface area contributed by atoms with Crippen LogP contribution in [0.2, 0.25) is 10.0 Å². The summed E-state index contributed by atoms with van der Waals surface area (Å²) in [6.45, 7) is 7.04. The number of hydrogen-bond donors (Lipinski definition) is 2. The number of likely N-dealkylation sites (tertiary alicyclic amines) is 2. The molecular weight excluding hydrogens is 980 g/mol. The Kier molecular flexibility index (Phi) is 18.3. The molecule has 2 N–H and O–H groups in total. The molecule has 2 atom stereocenters.